The molecule has 0 saturated heterocycles. The number of hydrogen-bond donors (Lipinski definition) is 2. The van der Waals surface area contributed by atoms with Gasteiger partial charge in [0.15, 0.2) is 11.0 Å². The highest BCUT2D eigenvalue weighted by Gasteiger charge is 2.16. The van der Waals surface area contributed by atoms with Gasteiger partial charge in [-0.25, -0.2) is 0 Å². The number of aromatic nitrogens is 3. The Morgan fingerprint density at radius 3 is 2.59 bits per heavy atom. The molecule has 0 aliphatic carbocycles. The van der Waals surface area contributed by atoms with Crippen LogP contribution < -0.4 is 5.32 Å². The number of thioether (sulfide) groups is 1. The first-order valence-electron chi connectivity index (χ1n) is 9.28. The van der Waals surface area contributed by atoms with E-state index in [9.17, 15) is 9.90 Å². The van der Waals surface area contributed by atoms with Crippen molar-refractivity contribution in [2.24, 2.45) is 0 Å². The average molecular weight is 404 g/mol. The van der Waals surface area contributed by atoms with Crippen LogP contribution in [-0.2, 0) is 11.3 Å². The maximum absolute atomic E-state index is 12.4. The number of nitrogens with one attached hydrogen (secondary N) is 1. The smallest absolute Gasteiger partial charge is 0.234 e. The van der Waals surface area contributed by atoms with E-state index in [1.54, 1.807) is 18.2 Å². The number of carbonyl (C=O) groups excluding carboxylic acids is 1. The SMILES string of the molecule is CCn1c(SCC(=O)Nc2ccc3ccccc3c2)nnc1-c1ccccc1O. The standard InChI is InChI=1S/C22H20N4O2S/c1-2-26-21(18-9-5-6-10-19(18)27)24-25-22(26)29-14-20(28)23-17-12-11-15-7-3-4-8-16(15)13-17/h3-13,27H,2,14H2,1H3,(H,23,28). The molecule has 1 aromatic heterocycles. The van der Waals surface area contributed by atoms with Crippen molar-refractivity contribution >= 4 is 34.1 Å². The van der Waals surface area contributed by atoms with E-state index >= 15 is 0 Å². The van der Waals surface area contributed by atoms with Gasteiger partial charge in [-0.1, -0.05) is 54.2 Å². The minimum atomic E-state index is -0.111. The van der Waals surface area contributed by atoms with Crippen LogP contribution in [0.3, 0.4) is 0 Å². The zero-order valence-electron chi connectivity index (χ0n) is 15.9. The summed E-state index contributed by atoms with van der Waals surface area (Å²) in [5.41, 5.74) is 1.38. The lowest BCUT2D eigenvalue weighted by molar-refractivity contribution is -0.113. The number of nitrogens with zero attached hydrogens (tertiary/aromatic N) is 3. The summed E-state index contributed by atoms with van der Waals surface area (Å²) in [6, 6.07) is 20.9. The first-order chi connectivity index (χ1) is 14.2. The van der Waals surface area contributed by atoms with Gasteiger partial charge in [-0.3, -0.25) is 4.79 Å². The van der Waals surface area contributed by atoms with E-state index in [1.165, 1.54) is 11.8 Å². The van der Waals surface area contributed by atoms with E-state index in [2.05, 4.69) is 15.5 Å². The van der Waals surface area contributed by atoms with Crippen molar-refractivity contribution in [1.29, 1.82) is 0 Å². The van der Waals surface area contributed by atoms with Crippen molar-refractivity contribution < 1.29 is 9.90 Å². The molecule has 6 nitrogen and oxygen atoms in total. The highest BCUT2D eigenvalue weighted by Crippen LogP contribution is 2.30. The van der Waals surface area contributed by atoms with Crippen LogP contribution in [0.25, 0.3) is 22.2 Å². The average Bonchev–Trinajstić information content (AvgIpc) is 3.15. The third-order valence-electron chi connectivity index (χ3n) is 4.54. The molecule has 0 unspecified atom stereocenters. The molecule has 4 aromatic rings. The van der Waals surface area contributed by atoms with Gasteiger partial charge in [0.1, 0.15) is 5.75 Å². The third-order valence-corrected chi connectivity index (χ3v) is 5.51. The molecule has 0 spiro atoms. The van der Waals surface area contributed by atoms with Gasteiger partial charge < -0.3 is 15.0 Å². The van der Waals surface area contributed by atoms with E-state index in [0.29, 0.717) is 23.1 Å². The van der Waals surface area contributed by atoms with Crippen molar-refractivity contribution in [2.45, 2.75) is 18.6 Å². The molecule has 3 aromatic carbocycles. The summed E-state index contributed by atoms with van der Waals surface area (Å²) in [5, 5.41) is 24.3. The number of amides is 1. The van der Waals surface area contributed by atoms with Crippen molar-refractivity contribution in [3.05, 3.63) is 66.7 Å². The van der Waals surface area contributed by atoms with E-state index in [1.807, 2.05) is 60.0 Å². The molecule has 0 fully saturated rings. The Hall–Kier alpha value is -3.32. The van der Waals surface area contributed by atoms with Crippen LogP contribution in [0.1, 0.15) is 6.92 Å². The molecule has 146 valence electrons. The van der Waals surface area contributed by atoms with E-state index < -0.39 is 0 Å². The van der Waals surface area contributed by atoms with Crippen LogP contribution in [0.2, 0.25) is 0 Å². The van der Waals surface area contributed by atoms with Gasteiger partial charge in [0.2, 0.25) is 5.91 Å². The molecular formula is C22H20N4O2S. The molecule has 2 N–H and O–H groups in total. The number of phenolic OH excluding ortho intramolecular Hbond substituents is 1. The number of carbonyl (C=O) groups is 1. The summed E-state index contributed by atoms with van der Waals surface area (Å²) in [5.74, 6) is 0.842. The number of fused-ring (bicyclic) bond motifs is 1. The minimum Gasteiger partial charge on any atom is -0.507 e. The molecule has 29 heavy (non-hydrogen) atoms. The number of benzene rings is 3. The second-order valence-electron chi connectivity index (χ2n) is 6.47. The molecule has 0 aliphatic heterocycles. The Bertz CT molecular complexity index is 1170. The lowest BCUT2D eigenvalue weighted by atomic mass is 10.1. The largest absolute Gasteiger partial charge is 0.507 e. The summed E-state index contributed by atoms with van der Waals surface area (Å²) >= 11 is 1.32. The molecule has 0 saturated carbocycles. The molecule has 1 heterocycles. The van der Waals surface area contributed by atoms with Crippen LogP contribution in [0.5, 0.6) is 5.75 Å². The quantitative estimate of drug-likeness (QED) is 0.461. The maximum Gasteiger partial charge on any atom is 0.234 e. The van der Waals surface area contributed by atoms with Crippen LogP contribution in [0.15, 0.2) is 71.9 Å². The third kappa shape index (κ3) is 4.09. The molecule has 0 aliphatic rings. The fourth-order valence-corrected chi connectivity index (χ4v) is 3.94. The highest BCUT2D eigenvalue weighted by molar-refractivity contribution is 7.99. The Kier molecular flexibility index (Phi) is 5.48. The Balaban J connectivity index is 1.46. The van der Waals surface area contributed by atoms with Gasteiger partial charge in [0, 0.05) is 12.2 Å². The second-order valence-corrected chi connectivity index (χ2v) is 7.41. The number of anilines is 1. The fraction of sp³-hybridized carbons (Fsp3) is 0.136. The Morgan fingerprint density at radius 1 is 1.03 bits per heavy atom. The lowest BCUT2D eigenvalue weighted by Gasteiger charge is -2.09. The van der Waals surface area contributed by atoms with Crippen molar-refractivity contribution in [3.63, 3.8) is 0 Å². The van der Waals surface area contributed by atoms with Crippen molar-refractivity contribution in [2.75, 3.05) is 11.1 Å². The second kappa shape index (κ2) is 8.36. The van der Waals surface area contributed by atoms with Gasteiger partial charge >= 0.3 is 0 Å². The summed E-state index contributed by atoms with van der Waals surface area (Å²) in [7, 11) is 0. The monoisotopic (exact) mass is 404 g/mol. The zero-order chi connectivity index (χ0) is 20.2. The number of phenols is 1. The molecule has 0 atom stereocenters. The number of aromatic hydroxyl groups is 1. The molecule has 0 radical (unpaired) electrons. The van der Waals surface area contributed by atoms with Gasteiger partial charge in [0.25, 0.3) is 0 Å². The van der Waals surface area contributed by atoms with E-state index in [4.69, 9.17) is 0 Å². The van der Waals surface area contributed by atoms with Gasteiger partial charge in [-0.15, -0.1) is 10.2 Å². The Labute approximate surface area is 172 Å². The normalized spacial score (nSPS) is 10.9. The number of para-hydroxylation sites is 1. The summed E-state index contributed by atoms with van der Waals surface area (Å²) in [6.45, 7) is 2.61. The molecule has 1 amide bonds. The summed E-state index contributed by atoms with van der Waals surface area (Å²) < 4.78 is 1.89. The van der Waals surface area contributed by atoms with Crippen LogP contribution in [0, 0.1) is 0 Å². The lowest BCUT2D eigenvalue weighted by Crippen LogP contribution is -2.14. The van der Waals surface area contributed by atoms with E-state index in [0.717, 1.165) is 16.5 Å². The van der Waals surface area contributed by atoms with E-state index in [-0.39, 0.29) is 17.4 Å². The zero-order valence-corrected chi connectivity index (χ0v) is 16.7. The van der Waals surface area contributed by atoms with Crippen LogP contribution >= 0.6 is 11.8 Å². The van der Waals surface area contributed by atoms with Crippen LogP contribution in [0.4, 0.5) is 5.69 Å². The predicted octanol–water partition coefficient (Wildman–Crippen LogP) is 4.55. The minimum absolute atomic E-state index is 0.111. The highest BCUT2D eigenvalue weighted by atomic mass is 32.2. The van der Waals surface area contributed by atoms with Crippen molar-refractivity contribution in [3.8, 4) is 17.1 Å². The van der Waals surface area contributed by atoms with Gasteiger partial charge in [0.05, 0.1) is 11.3 Å². The molecule has 4 rings (SSSR count). The van der Waals surface area contributed by atoms with Crippen molar-refractivity contribution in [1.82, 2.24) is 14.8 Å². The van der Waals surface area contributed by atoms with Crippen LogP contribution in [-0.4, -0.2) is 31.5 Å². The molecule has 0 bridgehead atoms. The maximum atomic E-state index is 12.4. The molecule has 7 heteroatoms. The number of rotatable bonds is 6. The Morgan fingerprint density at radius 2 is 1.79 bits per heavy atom. The number of hydrogen-bond acceptors (Lipinski definition) is 5. The fourth-order valence-electron chi connectivity index (χ4n) is 3.14. The topological polar surface area (TPSA) is 80.0 Å². The first-order valence-corrected chi connectivity index (χ1v) is 10.3. The summed E-state index contributed by atoms with van der Waals surface area (Å²) in [6.07, 6.45) is 0. The molecular weight excluding hydrogens is 384 g/mol. The first kappa shape index (κ1) is 19.0. The summed E-state index contributed by atoms with van der Waals surface area (Å²) in [4.78, 5) is 12.4. The van der Waals surface area contributed by atoms with Gasteiger partial charge in [-0.05, 0) is 42.0 Å². The predicted molar refractivity (Wildman–Crippen MR) is 116 cm³/mol. The van der Waals surface area contributed by atoms with Gasteiger partial charge in [-0.2, -0.15) is 0 Å².